The molecule has 1 saturated carbocycles. The zero-order valence-electron chi connectivity index (χ0n) is 22.0. The number of anilines is 1. The highest BCUT2D eigenvalue weighted by molar-refractivity contribution is 6.00. The van der Waals surface area contributed by atoms with Gasteiger partial charge in [0.25, 0.3) is 0 Å². The van der Waals surface area contributed by atoms with Crippen LogP contribution in [-0.4, -0.2) is 66.8 Å². The Morgan fingerprint density at radius 2 is 1.57 bits per heavy atom. The quantitative estimate of drug-likeness (QED) is 0.447. The number of fused-ring (bicyclic) bond motifs is 1. The van der Waals surface area contributed by atoms with E-state index in [1.165, 1.54) is 4.57 Å². The summed E-state index contributed by atoms with van der Waals surface area (Å²) < 4.78 is 20.5. The Morgan fingerprint density at radius 3 is 2.22 bits per heavy atom. The number of nitrogens with one attached hydrogen (secondary N) is 1. The lowest BCUT2D eigenvalue weighted by atomic mass is 9.86. The van der Waals surface area contributed by atoms with E-state index in [0.29, 0.717) is 24.0 Å². The molecular formula is C27H38N4O6. The molecule has 10 nitrogen and oxygen atoms in total. The van der Waals surface area contributed by atoms with Crippen molar-refractivity contribution < 1.29 is 23.8 Å². The Bertz CT molecular complexity index is 1190. The summed E-state index contributed by atoms with van der Waals surface area (Å²) in [4.78, 5) is 39.4. The number of carbonyl (C=O) groups excluding carboxylic acids is 2. The van der Waals surface area contributed by atoms with E-state index in [4.69, 9.17) is 14.2 Å². The zero-order valence-corrected chi connectivity index (χ0v) is 22.0. The molecule has 2 saturated heterocycles. The maximum atomic E-state index is 13.0. The number of nitrogens with zero attached hydrogens (tertiary/aromatic N) is 3. The van der Waals surface area contributed by atoms with Gasteiger partial charge in [-0.15, -0.1) is 0 Å². The van der Waals surface area contributed by atoms with Gasteiger partial charge in [0.15, 0.2) is 6.29 Å². The third kappa shape index (κ3) is 5.19. The summed E-state index contributed by atoms with van der Waals surface area (Å²) in [5.74, 6) is -0.266. The highest BCUT2D eigenvalue weighted by atomic mass is 16.7. The average molecular weight is 515 g/mol. The number of aryl methyl sites for hydroxylation is 1. The summed E-state index contributed by atoms with van der Waals surface area (Å²) in [5, 5.41) is 2.36. The van der Waals surface area contributed by atoms with Crippen LogP contribution in [0.5, 0.6) is 0 Å². The molecule has 1 aromatic heterocycles. The van der Waals surface area contributed by atoms with Crippen LogP contribution in [0, 0.1) is 5.92 Å². The van der Waals surface area contributed by atoms with Gasteiger partial charge in [-0.25, -0.2) is 4.79 Å². The summed E-state index contributed by atoms with van der Waals surface area (Å²) in [6.45, 7) is 1.78. The third-order valence-corrected chi connectivity index (χ3v) is 8.36. The number of rotatable bonds is 7. The van der Waals surface area contributed by atoms with Crippen LogP contribution in [-0.2, 0) is 30.8 Å². The lowest BCUT2D eigenvalue weighted by molar-refractivity contribution is -0.153. The summed E-state index contributed by atoms with van der Waals surface area (Å²) in [6.07, 6.45) is 7.16. The summed E-state index contributed by atoms with van der Waals surface area (Å²) in [6, 6.07) is 5.31. The second-order valence-corrected chi connectivity index (χ2v) is 10.6. The van der Waals surface area contributed by atoms with Crippen molar-refractivity contribution in [2.24, 2.45) is 13.0 Å². The average Bonchev–Trinajstić information content (AvgIpc) is 3.15. The molecule has 1 N–H and O–H groups in total. The standard InChI is InChI=1S/C27H38N4O6/c1-29-23-16-18(6-9-21(23)31(27(29)34)22-10-11-24(32)28-25(22)33)30-14-12-20(13-15-30)37-19-7-4-17(5-8-19)26(35-2)36-3/h6,9,16-17,19-20,22,26H,4-5,7-8,10-15H2,1-3H3,(H,28,32,33)/t17-,19-,22?. The summed E-state index contributed by atoms with van der Waals surface area (Å²) in [5.41, 5.74) is 2.31. The van der Waals surface area contributed by atoms with Gasteiger partial charge in [0.1, 0.15) is 6.04 Å². The van der Waals surface area contributed by atoms with Gasteiger partial charge in [-0.3, -0.25) is 24.0 Å². The van der Waals surface area contributed by atoms with E-state index in [0.717, 1.165) is 62.8 Å². The molecule has 3 aliphatic rings. The molecule has 0 spiro atoms. The maximum Gasteiger partial charge on any atom is 0.329 e. The number of piperidine rings is 2. The molecule has 1 atom stereocenters. The van der Waals surface area contributed by atoms with Crippen LogP contribution in [0.1, 0.15) is 57.4 Å². The lowest BCUT2D eigenvalue weighted by Gasteiger charge is -2.37. The van der Waals surface area contributed by atoms with Crippen LogP contribution in [0.3, 0.4) is 0 Å². The van der Waals surface area contributed by atoms with Crippen molar-refractivity contribution in [3.63, 3.8) is 0 Å². The SMILES string of the molecule is COC(OC)[C@H]1CC[C@H](OC2CCN(c3ccc4c(c3)n(C)c(=O)n4C3CCC(=O)NC3=O)CC2)CC1. The first-order chi connectivity index (χ1) is 17.9. The smallest absolute Gasteiger partial charge is 0.329 e. The van der Waals surface area contributed by atoms with Crippen molar-refractivity contribution in [2.45, 2.75) is 75.9 Å². The summed E-state index contributed by atoms with van der Waals surface area (Å²) in [7, 11) is 5.14. The van der Waals surface area contributed by atoms with Crippen LogP contribution >= 0.6 is 0 Å². The fourth-order valence-electron chi connectivity index (χ4n) is 6.28. The minimum Gasteiger partial charge on any atom is -0.375 e. The van der Waals surface area contributed by atoms with Crippen LogP contribution in [0.4, 0.5) is 5.69 Å². The number of imidazole rings is 1. The molecule has 202 valence electrons. The Kier molecular flexibility index (Phi) is 7.69. The first kappa shape index (κ1) is 25.9. The topological polar surface area (TPSA) is 104 Å². The van der Waals surface area contributed by atoms with Crippen molar-refractivity contribution in [1.82, 2.24) is 14.5 Å². The molecule has 1 aliphatic carbocycles. The van der Waals surface area contributed by atoms with Crippen LogP contribution in [0.2, 0.25) is 0 Å². The number of aromatic nitrogens is 2. The van der Waals surface area contributed by atoms with E-state index in [-0.39, 0.29) is 30.4 Å². The lowest BCUT2D eigenvalue weighted by Crippen LogP contribution is -2.44. The predicted molar refractivity (Wildman–Crippen MR) is 138 cm³/mol. The second kappa shape index (κ2) is 11.0. The first-order valence-electron chi connectivity index (χ1n) is 13.4. The fraction of sp³-hybridized carbons (Fsp3) is 0.667. The van der Waals surface area contributed by atoms with Crippen molar-refractivity contribution >= 4 is 28.5 Å². The molecular weight excluding hydrogens is 476 g/mol. The molecule has 5 rings (SSSR count). The first-order valence-corrected chi connectivity index (χ1v) is 13.4. The molecule has 1 unspecified atom stereocenters. The number of carbonyl (C=O) groups is 2. The molecule has 37 heavy (non-hydrogen) atoms. The largest absolute Gasteiger partial charge is 0.375 e. The number of imide groups is 1. The van der Waals surface area contributed by atoms with E-state index < -0.39 is 11.9 Å². The third-order valence-electron chi connectivity index (χ3n) is 8.36. The van der Waals surface area contributed by atoms with Crippen LogP contribution < -0.4 is 15.9 Å². The minimum absolute atomic E-state index is 0.123. The molecule has 1 aromatic carbocycles. The Labute approximate surface area is 216 Å². The van der Waals surface area contributed by atoms with Crippen molar-refractivity contribution in [3.05, 3.63) is 28.7 Å². The number of benzene rings is 1. The second-order valence-electron chi connectivity index (χ2n) is 10.6. The van der Waals surface area contributed by atoms with Gasteiger partial charge in [0, 0.05) is 52.4 Å². The minimum atomic E-state index is -0.669. The fourth-order valence-corrected chi connectivity index (χ4v) is 6.28. The van der Waals surface area contributed by atoms with Gasteiger partial charge >= 0.3 is 5.69 Å². The number of hydrogen-bond donors (Lipinski definition) is 1. The van der Waals surface area contributed by atoms with Gasteiger partial charge in [-0.1, -0.05) is 0 Å². The highest BCUT2D eigenvalue weighted by Gasteiger charge is 2.32. The van der Waals surface area contributed by atoms with E-state index in [2.05, 4.69) is 10.2 Å². The zero-order chi connectivity index (χ0) is 26.1. The predicted octanol–water partition coefficient (Wildman–Crippen LogP) is 2.48. The Morgan fingerprint density at radius 1 is 0.892 bits per heavy atom. The van der Waals surface area contributed by atoms with Crippen molar-refractivity contribution in [2.75, 3.05) is 32.2 Å². The molecule has 3 heterocycles. The van der Waals surface area contributed by atoms with E-state index in [1.807, 2.05) is 18.2 Å². The maximum absolute atomic E-state index is 13.0. The molecule has 2 aromatic rings. The molecule has 0 bridgehead atoms. The number of ether oxygens (including phenoxy) is 3. The van der Waals surface area contributed by atoms with Crippen LogP contribution in [0.25, 0.3) is 11.0 Å². The molecule has 10 heteroatoms. The number of hydrogen-bond acceptors (Lipinski definition) is 7. The van der Waals surface area contributed by atoms with Gasteiger partial charge in [-0.05, 0) is 63.1 Å². The van der Waals surface area contributed by atoms with E-state index in [9.17, 15) is 14.4 Å². The van der Waals surface area contributed by atoms with E-state index in [1.54, 1.807) is 25.8 Å². The Hall–Kier alpha value is -2.69. The Balaban J connectivity index is 1.21. The van der Waals surface area contributed by atoms with Gasteiger partial charge < -0.3 is 19.1 Å². The van der Waals surface area contributed by atoms with Crippen molar-refractivity contribution in [3.8, 4) is 0 Å². The van der Waals surface area contributed by atoms with Crippen LogP contribution in [0.15, 0.2) is 23.0 Å². The highest BCUT2D eigenvalue weighted by Crippen LogP contribution is 2.33. The molecule has 0 radical (unpaired) electrons. The van der Waals surface area contributed by atoms with E-state index >= 15 is 0 Å². The van der Waals surface area contributed by atoms with Gasteiger partial charge in [-0.2, -0.15) is 0 Å². The number of amides is 2. The molecule has 2 amide bonds. The monoisotopic (exact) mass is 514 g/mol. The van der Waals surface area contributed by atoms with Gasteiger partial charge in [0.05, 0.1) is 23.2 Å². The molecule has 2 aliphatic heterocycles. The summed E-state index contributed by atoms with van der Waals surface area (Å²) >= 11 is 0. The molecule has 3 fully saturated rings. The number of methoxy groups -OCH3 is 2. The normalized spacial score (nSPS) is 25.7. The van der Waals surface area contributed by atoms with Crippen molar-refractivity contribution in [1.29, 1.82) is 0 Å². The van der Waals surface area contributed by atoms with Gasteiger partial charge in [0.2, 0.25) is 11.8 Å².